The first kappa shape index (κ1) is 11.7. The van der Waals surface area contributed by atoms with Crippen molar-refractivity contribution in [1.82, 2.24) is 0 Å². The number of carbonyl (C=O) groups excluding carboxylic acids is 1. The van der Waals surface area contributed by atoms with E-state index in [4.69, 9.17) is 10.3 Å². The molecule has 0 aliphatic heterocycles. The maximum atomic E-state index is 11.3. The molecule has 1 aliphatic carbocycles. The number of hydrogen-bond donors (Lipinski definition) is 0. The molecule has 4 nitrogen and oxygen atoms in total. The lowest BCUT2D eigenvalue weighted by Crippen LogP contribution is -2.17. The summed E-state index contributed by atoms with van der Waals surface area (Å²) in [6, 6.07) is 0. The van der Waals surface area contributed by atoms with Gasteiger partial charge in [0.05, 0.1) is 6.61 Å². The van der Waals surface area contributed by atoms with Crippen molar-refractivity contribution >= 4 is 11.7 Å². The SMILES string of the molecule is CCOC(=O)C(C=C1CCCCC1)=[N+]=[N-]. The fourth-order valence-electron chi connectivity index (χ4n) is 1.68. The van der Waals surface area contributed by atoms with Gasteiger partial charge in [-0.05, 0) is 32.6 Å². The summed E-state index contributed by atoms with van der Waals surface area (Å²) in [4.78, 5) is 14.3. The molecule has 0 spiro atoms. The monoisotopic (exact) mass is 208 g/mol. The lowest BCUT2D eigenvalue weighted by Gasteiger charge is -2.11. The Morgan fingerprint density at radius 1 is 1.47 bits per heavy atom. The fraction of sp³-hybridized carbons (Fsp3) is 0.636. The molecule has 82 valence electrons. The average Bonchev–Trinajstić information content (AvgIpc) is 2.27. The van der Waals surface area contributed by atoms with Crippen molar-refractivity contribution in [3.05, 3.63) is 17.2 Å². The Morgan fingerprint density at radius 3 is 2.67 bits per heavy atom. The third-order valence-electron chi connectivity index (χ3n) is 2.43. The summed E-state index contributed by atoms with van der Waals surface area (Å²) in [6.45, 7) is 2.02. The molecule has 0 aromatic carbocycles. The molecule has 0 saturated heterocycles. The van der Waals surface area contributed by atoms with E-state index in [1.165, 1.54) is 12.0 Å². The molecule has 1 rings (SSSR count). The molecule has 0 heterocycles. The van der Waals surface area contributed by atoms with Crippen LogP contribution in [0.2, 0.25) is 0 Å². The molecule has 0 unspecified atom stereocenters. The molecule has 0 aromatic heterocycles. The van der Waals surface area contributed by atoms with Crippen molar-refractivity contribution in [3.8, 4) is 0 Å². The van der Waals surface area contributed by atoms with Gasteiger partial charge in [-0.25, -0.2) is 4.79 Å². The molecule has 0 N–H and O–H groups in total. The van der Waals surface area contributed by atoms with Gasteiger partial charge in [0, 0.05) is 6.08 Å². The zero-order valence-corrected chi connectivity index (χ0v) is 9.03. The van der Waals surface area contributed by atoms with Gasteiger partial charge < -0.3 is 10.3 Å². The van der Waals surface area contributed by atoms with Crippen LogP contribution >= 0.6 is 0 Å². The third kappa shape index (κ3) is 3.68. The number of rotatable bonds is 3. The van der Waals surface area contributed by atoms with E-state index in [1.807, 2.05) is 0 Å². The lowest BCUT2D eigenvalue weighted by atomic mass is 9.94. The van der Waals surface area contributed by atoms with Crippen LogP contribution in [0.25, 0.3) is 5.53 Å². The molecule has 1 saturated carbocycles. The summed E-state index contributed by atoms with van der Waals surface area (Å²) >= 11 is 0. The molecular formula is C11H16N2O2. The van der Waals surface area contributed by atoms with Crippen molar-refractivity contribution in [1.29, 1.82) is 0 Å². The summed E-state index contributed by atoms with van der Waals surface area (Å²) in [6.07, 6.45) is 7.15. The van der Waals surface area contributed by atoms with E-state index in [-0.39, 0.29) is 5.71 Å². The van der Waals surface area contributed by atoms with Crippen LogP contribution in [0.3, 0.4) is 0 Å². The van der Waals surface area contributed by atoms with Crippen LogP contribution in [0.4, 0.5) is 0 Å². The average molecular weight is 208 g/mol. The van der Waals surface area contributed by atoms with E-state index in [2.05, 4.69) is 4.79 Å². The Bertz CT molecular complexity index is 307. The van der Waals surface area contributed by atoms with E-state index < -0.39 is 5.97 Å². The van der Waals surface area contributed by atoms with Crippen LogP contribution in [0, 0.1) is 0 Å². The van der Waals surface area contributed by atoms with Crippen molar-refractivity contribution in [2.24, 2.45) is 0 Å². The Kier molecular flexibility index (Phi) is 4.78. The van der Waals surface area contributed by atoms with E-state index in [0.717, 1.165) is 25.7 Å². The standard InChI is InChI=1S/C11H16N2O2/c1-2-15-11(14)10(13-12)8-9-6-4-3-5-7-9/h8H,2-7H2,1H3. The predicted octanol–water partition coefficient (Wildman–Crippen LogP) is 2.11. The van der Waals surface area contributed by atoms with Gasteiger partial charge in [0.25, 0.3) is 0 Å². The Labute approximate surface area is 89.6 Å². The molecule has 0 atom stereocenters. The minimum Gasteiger partial charge on any atom is -0.457 e. The molecule has 0 aromatic rings. The zero-order chi connectivity index (χ0) is 11.1. The number of hydrogen-bond acceptors (Lipinski definition) is 2. The summed E-state index contributed by atoms with van der Waals surface area (Å²) in [5.41, 5.74) is 9.87. The predicted molar refractivity (Wildman–Crippen MR) is 56.4 cm³/mol. The first-order chi connectivity index (χ1) is 7.27. The normalized spacial score (nSPS) is 15.4. The largest absolute Gasteiger partial charge is 0.457 e. The van der Waals surface area contributed by atoms with E-state index in [0.29, 0.717) is 6.61 Å². The topological polar surface area (TPSA) is 62.7 Å². The fourth-order valence-corrected chi connectivity index (χ4v) is 1.68. The molecule has 0 radical (unpaired) electrons. The first-order valence-corrected chi connectivity index (χ1v) is 5.36. The maximum Gasteiger partial charge on any atom is 0.421 e. The summed E-state index contributed by atoms with van der Waals surface area (Å²) in [7, 11) is 0. The zero-order valence-electron chi connectivity index (χ0n) is 9.03. The molecule has 1 aliphatic rings. The van der Waals surface area contributed by atoms with Gasteiger partial charge in [-0.15, -0.1) is 0 Å². The molecule has 0 bridgehead atoms. The lowest BCUT2D eigenvalue weighted by molar-refractivity contribution is -0.139. The van der Waals surface area contributed by atoms with Crippen LogP contribution in [0.5, 0.6) is 0 Å². The van der Waals surface area contributed by atoms with Gasteiger partial charge in [0.1, 0.15) is 0 Å². The van der Waals surface area contributed by atoms with Crippen molar-refractivity contribution in [3.63, 3.8) is 0 Å². The number of esters is 1. The highest BCUT2D eigenvalue weighted by molar-refractivity contribution is 6.38. The second-order valence-electron chi connectivity index (χ2n) is 3.57. The third-order valence-corrected chi connectivity index (χ3v) is 2.43. The van der Waals surface area contributed by atoms with Gasteiger partial charge in [-0.1, -0.05) is 12.0 Å². The van der Waals surface area contributed by atoms with Crippen LogP contribution < -0.4 is 0 Å². The Morgan fingerprint density at radius 2 is 2.13 bits per heavy atom. The molecule has 0 amide bonds. The quantitative estimate of drug-likeness (QED) is 0.308. The number of carbonyl (C=O) groups is 1. The van der Waals surface area contributed by atoms with Gasteiger partial charge >= 0.3 is 11.7 Å². The molecule has 1 fully saturated rings. The second kappa shape index (κ2) is 6.14. The minimum atomic E-state index is -0.557. The Balaban J connectivity index is 2.67. The van der Waals surface area contributed by atoms with Gasteiger partial charge in [-0.3, -0.25) is 0 Å². The van der Waals surface area contributed by atoms with Crippen molar-refractivity contribution in [2.75, 3.05) is 6.61 Å². The van der Waals surface area contributed by atoms with E-state index in [1.54, 1.807) is 13.0 Å². The highest BCUT2D eigenvalue weighted by Crippen LogP contribution is 2.22. The van der Waals surface area contributed by atoms with Gasteiger partial charge in [0.2, 0.25) is 0 Å². The smallest absolute Gasteiger partial charge is 0.421 e. The Hall–Kier alpha value is -1.41. The molecule has 15 heavy (non-hydrogen) atoms. The number of allylic oxidation sites excluding steroid dienone is 1. The summed E-state index contributed by atoms with van der Waals surface area (Å²) in [5, 5.41) is 0. The number of nitrogens with zero attached hydrogens (tertiary/aromatic N) is 2. The van der Waals surface area contributed by atoms with Crippen LogP contribution in [0.15, 0.2) is 11.6 Å². The highest BCUT2D eigenvalue weighted by Gasteiger charge is 2.20. The van der Waals surface area contributed by atoms with Crippen LogP contribution in [-0.2, 0) is 9.53 Å². The summed E-state index contributed by atoms with van der Waals surface area (Å²) < 4.78 is 4.76. The summed E-state index contributed by atoms with van der Waals surface area (Å²) in [5.74, 6) is -0.557. The van der Waals surface area contributed by atoms with Crippen LogP contribution in [0.1, 0.15) is 39.0 Å². The van der Waals surface area contributed by atoms with Gasteiger partial charge in [-0.2, -0.15) is 4.79 Å². The highest BCUT2D eigenvalue weighted by atomic mass is 16.5. The van der Waals surface area contributed by atoms with Crippen LogP contribution in [-0.4, -0.2) is 23.1 Å². The minimum absolute atomic E-state index is 0.00810. The molecule has 4 heteroatoms. The van der Waals surface area contributed by atoms with Crippen molar-refractivity contribution in [2.45, 2.75) is 39.0 Å². The van der Waals surface area contributed by atoms with E-state index >= 15 is 0 Å². The maximum absolute atomic E-state index is 11.3. The van der Waals surface area contributed by atoms with Crippen molar-refractivity contribution < 1.29 is 14.3 Å². The van der Waals surface area contributed by atoms with E-state index in [9.17, 15) is 4.79 Å². The second-order valence-corrected chi connectivity index (χ2v) is 3.57. The first-order valence-electron chi connectivity index (χ1n) is 5.36. The number of ether oxygens (including phenoxy) is 1. The van der Waals surface area contributed by atoms with Gasteiger partial charge in [0.15, 0.2) is 0 Å². The molecular weight excluding hydrogens is 192 g/mol.